The van der Waals surface area contributed by atoms with Gasteiger partial charge in [-0.2, -0.15) is 0 Å². The molecule has 5 heteroatoms. The van der Waals surface area contributed by atoms with Crippen molar-refractivity contribution in [3.05, 3.63) is 23.9 Å². The zero-order valence-corrected chi connectivity index (χ0v) is 8.98. The first-order valence-electron chi connectivity index (χ1n) is 5.48. The van der Waals surface area contributed by atoms with Gasteiger partial charge in [-0.1, -0.05) is 0 Å². The second-order valence-corrected chi connectivity index (χ2v) is 3.93. The second-order valence-electron chi connectivity index (χ2n) is 3.93. The molecule has 2 aliphatic heterocycles. The summed E-state index contributed by atoms with van der Waals surface area (Å²) in [6.45, 7) is 1.49. The Bertz CT molecular complexity index is 319. The maximum atomic E-state index is 10.9. The predicted molar refractivity (Wildman–Crippen MR) is 58.8 cm³/mol. The van der Waals surface area contributed by atoms with Crippen molar-refractivity contribution in [2.24, 2.45) is 0 Å². The van der Waals surface area contributed by atoms with E-state index in [-0.39, 0.29) is 12.3 Å². The molecule has 1 unspecified atom stereocenters. The molecule has 0 aromatic rings. The van der Waals surface area contributed by atoms with E-state index in [1.54, 1.807) is 18.4 Å². The number of carboxylic acid groups (broad SMARTS) is 1. The van der Waals surface area contributed by atoms with Gasteiger partial charge >= 0.3 is 5.97 Å². The third-order valence-corrected chi connectivity index (χ3v) is 2.77. The summed E-state index contributed by atoms with van der Waals surface area (Å²) in [5.41, 5.74) is 0.334. The van der Waals surface area contributed by atoms with Gasteiger partial charge < -0.3 is 15.2 Å². The third-order valence-electron chi connectivity index (χ3n) is 2.77. The van der Waals surface area contributed by atoms with Crippen molar-refractivity contribution in [1.82, 2.24) is 10.6 Å². The molecule has 5 nitrogen and oxygen atoms in total. The number of rotatable bonds is 4. The van der Waals surface area contributed by atoms with E-state index in [1.807, 2.05) is 0 Å². The number of ether oxygens (including phenoxy) is 1. The summed E-state index contributed by atoms with van der Waals surface area (Å²) in [7, 11) is 0. The van der Waals surface area contributed by atoms with E-state index in [0.717, 1.165) is 19.4 Å². The van der Waals surface area contributed by atoms with Crippen LogP contribution >= 0.6 is 0 Å². The monoisotopic (exact) mass is 224 g/mol. The van der Waals surface area contributed by atoms with Crippen LogP contribution in [0.2, 0.25) is 0 Å². The van der Waals surface area contributed by atoms with E-state index in [2.05, 4.69) is 10.6 Å². The van der Waals surface area contributed by atoms with Gasteiger partial charge in [0, 0.05) is 13.2 Å². The Labute approximate surface area is 94.2 Å². The second kappa shape index (κ2) is 5.14. The van der Waals surface area contributed by atoms with Gasteiger partial charge in [0.15, 0.2) is 0 Å². The highest BCUT2D eigenvalue weighted by molar-refractivity contribution is 5.88. The molecule has 88 valence electrons. The van der Waals surface area contributed by atoms with Crippen LogP contribution < -0.4 is 10.6 Å². The highest BCUT2D eigenvalue weighted by Gasteiger charge is 2.22. The number of hydrogen-bond acceptors (Lipinski definition) is 4. The number of nitrogens with one attached hydrogen (secondary N) is 2. The van der Waals surface area contributed by atoms with E-state index < -0.39 is 5.97 Å². The van der Waals surface area contributed by atoms with Crippen molar-refractivity contribution in [3.8, 4) is 0 Å². The average molecular weight is 224 g/mol. The normalized spacial score (nSPS) is 28.6. The van der Waals surface area contributed by atoms with Crippen LogP contribution in [0.25, 0.3) is 0 Å². The number of carbonyl (C=O) groups is 1. The van der Waals surface area contributed by atoms with Crippen LogP contribution in [-0.4, -0.2) is 36.5 Å². The summed E-state index contributed by atoms with van der Waals surface area (Å²) in [6, 6.07) is 0. The summed E-state index contributed by atoms with van der Waals surface area (Å²) in [4.78, 5) is 10.9. The first-order valence-corrected chi connectivity index (χ1v) is 5.48. The molecule has 2 heterocycles. The molecule has 1 fully saturated rings. The zero-order valence-electron chi connectivity index (χ0n) is 8.98. The minimum Gasteiger partial charge on any atom is -0.478 e. The first kappa shape index (κ1) is 11.2. The van der Waals surface area contributed by atoms with Gasteiger partial charge in [0.25, 0.3) is 0 Å². The molecule has 0 saturated carbocycles. The van der Waals surface area contributed by atoms with Crippen LogP contribution in [0.5, 0.6) is 0 Å². The van der Waals surface area contributed by atoms with Gasteiger partial charge in [-0.25, -0.2) is 4.79 Å². The van der Waals surface area contributed by atoms with Crippen molar-refractivity contribution >= 4 is 5.97 Å². The summed E-state index contributed by atoms with van der Waals surface area (Å²) >= 11 is 0. The fourth-order valence-electron chi connectivity index (χ4n) is 1.91. The molecular formula is C11H16N2O3. The van der Waals surface area contributed by atoms with E-state index in [1.165, 1.54) is 0 Å². The number of allylic oxidation sites excluding steroid dienone is 2. The Hall–Kier alpha value is -1.33. The van der Waals surface area contributed by atoms with Gasteiger partial charge in [-0.05, 0) is 31.2 Å². The lowest BCUT2D eigenvalue weighted by Crippen LogP contribution is -2.47. The Balaban J connectivity index is 1.86. The lowest BCUT2D eigenvalue weighted by atomic mass is 10.1. The minimum absolute atomic E-state index is 0.211. The largest absolute Gasteiger partial charge is 0.478 e. The first-order chi connectivity index (χ1) is 7.77. The maximum absolute atomic E-state index is 10.9. The fraction of sp³-hybridized carbons (Fsp3) is 0.545. The van der Waals surface area contributed by atoms with Gasteiger partial charge in [0.05, 0.1) is 11.7 Å². The molecule has 1 saturated heterocycles. The Morgan fingerprint density at radius 1 is 1.69 bits per heavy atom. The van der Waals surface area contributed by atoms with Crippen molar-refractivity contribution in [1.29, 1.82) is 0 Å². The highest BCUT2D eigenvalue weighted by atomic mass is 16.5. The highest BCUT2D eigenvalue weighted by Crippen LogP contribution is 2.12. The molecule has 16 heavy (non-hydrogen) atoms. The van der Waals surface area contributed by atoms with E-state index in [0.29, 0.717) is 12.1 Å². The topological polar surface area (TPSA) is 70.6 Å². The molecule has 3 N–H and O–H groups in total. The smallest absolute Gasteiger partial charge is 0.335 e. The Morgan fingerprint density at radius 3 is 3.25 bits per heavy atom. The standard InChI is InChI=1S/C11H16N2O3/c14-11(15)9-4-1-5-12-10(9)13-7-8-3-2-6-16-8/h1,4-5,8,10,12-13H,2-3,6-7H2,(H,14,15)/t8-,10?/m0/s1. The fourth-order valence-corrected chi connectivity index (χ4v) is 1.91. The number of hydrogen-bond donors (Lipinski definition) is 3. The molecule has 2 atom stereocenters. The van der Waals surface area contributed by atoms with Crippen molar-refractivity contribution < 1.29 is 14.6 Å². The molecule has 0 aliphatic carbocycles. The lowest BCUT2D eigenvalue weighted by Gasteiger charge is -2.23. The van der Waals surface area contributed by atoms with Crippen molar-refractivity contribution in [3.63, 3.8) is 0 Å². The van der Waals surface area contributed by atoms with Crippen LogP contribution in [-0.2, 0) is 9.53 Å². The van der Waals surface area contributed by atoms with Crippen LogP contribution in [0.3, 0.4) is 0 Å². The Kier molecular flexibility index (Phi) is 3.58. The molecule has 0 aromatic carbocycles. The molecule has 0 spiro atoms. The zero-order chi connectivity index (χ0) is 11.4. The number of dihydropyridines is 1. The molecule has 2 aliphatic rings. The van der Waals surface area contributed by atoms with Crippen LogP contribution in [0.1, 0.15) is 12.8 Å². The summed E-state index contributed by atoms with van der Waals surface area (Å²) in [6.07, 6.45) is 7.04. The van der Waals surface area contributed by atoms with E-state index >= 15 is 0 Å². The summed E-state index contributed by atoms with van der Waals surface area (Å²) < 4.78 is 5.46. The van der Waals surface area contributed by atoms with E-state index in [4.69, 9.17) is 9.84 Å². The molecule has 0 aromatic heterocycles. The molecule has 0 radical (unpaired) electrons. The van der Waals surface area contributed by atoms with Gasteiger partial charge in [-0.15, -0.1) is 0 Å². The predicted octanol–water partition coefficient (Wildman–Crippen LogP) is 0.209. The van der Waals surface area contributed by atoms with Crippen molar-refractivity contribution in [2.75, 3.05) is 13.2 Å². The number of carboxylic acids is 1. The average Bonchev–Trinajstić information content (AvgIpc) is 2.79. The SMILES string of the molecule is O=C(O)C1=CC=CNC1NC[C@@H]1CCCO1. The summed E-state index contributed by atoms with van der Waals surface area (Å²) in [5.74, 6) is -0.901. The van der Waals surface area contributed by atoms with Crippen LogP contribution in [0.15, 0.2) is 23.9 Å². The van der Waals surface area contributed by atoms with Gasteiger partial charge in [-0.3, -0.25) is 5.32 Å². The van der Waals surface area contributed by atoms with Gasteiger partial charge in [0.1, 0.15) is 6.17 Å². The minimum atomic E-state index is -0.901. The molecule has 0 bridgehead atoms. The lowest BCUT2D eigenvalue weighted by molar-refractivity contribution is -0.133. The van der Waals surface area contributed by atoms with Crippen LogP contribution in [0.4, 0.5) is 0 Å². The third kappa shape index (κ3) is 2.62. The Morgan fingerprint density at radius 2 is 2.56 bits per heavy atom. The molecule has 0 amide bonds. The van der Waals surface area contributed by atoms with Gasteiger partial charge in [0.2, 0.25) is 0 Å². The number of aliphatic carboxylic acids is 1. The van der Waals surface area contributed by atoms with Crippen molar-refractivity contribution in [2.45, 2.75) is 25.1 Å². The quantitative estimate of drug-likeness (QED) is 0.636. The van der Waals surface area contributed by atoms with Crippen LogP contribution in [0, 0.1) is 0 Å². The maximum Gasteiger partial charge on any atom is 0.335 e. The van der Waals surface area contributed by atoms with E-state index in [9.17, 15) is 4.79 Å². The molecular weight excluding hydrogens is 208 g/mol. The molecule has 2 rings (SSSR count). The summed E-state index contributed by atoms with van der Waals surface area (Å²) in [5, 5.41) is 15.1.